The Balaban J connectivity index is 0.000000179. The zero-order chi connectivity index (χ0) is 93.1. The zero-order valence-electron chi connectivity index (χ0n) is 75.4. The summed E-state index contributed by atoms with van der Waals surface area (Å²) < 4.78 is 0. The van der Waals surface area contributed by atoms with E-state index in [2.05, 4.69) is 115 Å². The molecule has 28 heteroatoms. The number of guanidine groups is 2. The Labute approximate surface area is 784 Å². The molecule has 8 amide bonds. The number of likely N-dealkylation sites (tertiary alicyclic amines) is 1. The fourth-order valence-corrected chi connectivity index (χ4v) is 17.7. The van der Waals surface area contributed by atoms with Crippen LogP contribution >= 0.6 is 23.2 Å². The number of carbonyl (C=O) groups is 8. The van der Waals surface area contributed by atoms with Gasteiger partial charge in [0, 0.05) is 138 Å². The first-order chi connectivity index (χ1) is 64.1. The molecule has 8 atom stereocenters. The van der Waals surface area contributed by atoms with Crippen molar-refractivity contribution in [1.29, 1.82) is 0 Å². The summed E-state index contributed by atoms with van der Waals surface area (Å²) in [6.45, 7) is 11.2. The second-order valence-electron chi connectivity index (χ2n) is 34.5. The van der Waals surface area contributed by atoms with Gasteiger partial charge in [0.2, 0.25) is 29.5 Å². The number of nitrogens with one attached hydrogen (secondary N) is 8. The number of halogens is 2. The summed E-state index contributed by atoms with van der Waals surface area (Å²) in [5.41, 5.74) is 28.5. The largest absolute Gasteiger partial charge is 0.370 e. The van der Waals surface area contributed by atoms with Crippen molar-refractivity contribution >= 4 is 110 Å². The van der Waals surface area contributed by atoms with Crippen LogP contribution in [-0.2, 0) is 24.0 Å². The minimum Gasteiger partial charge on any atom is -0.370 e. The van der Waals surface area contributed by atoms with Crippen LogP contribution in [0, 0.1) is 0 Å². The molecule has 0 bridgehead atoms. The van der Waals surface area contributed by atoms with E-state index in [0.717, 1.165) is 78.0 Å². The van der Waals surface area contributed by atoms with Gasteiger partial charge in [-0.1, -0.05) is 237 Å². The molecule has 4 saturated heterocycles. The summed E-state index contributed by atoms with van der Waals surface area (Å²) in [7, 11) is 0. The molecule has 2 unspecified atom stereocenters. The first-order valence-electron chi connectivity index (χ1n) is 46.2. The third-order valence-corrected chi connectivity index (χ3v) is 25.3. The molecule has 4 heterocycles. The van der Waals surface area contributed by atoms with Crippen LogP contribution in [-0.4, -0.2) is 213 Å². The van der Waals surface area contributed by atoms with Gasteiger partial charge < -0.3 is 85.1 Å². The van der Waals surface area contributed by atoms with Crippen molar-refractivity contribution in [2.45, 2.75) is 151 Å². The van der Waals surface area contributed by atoms with Gasteiger partial charge in [-0.15, -0.1) is 0 Å². The Morgan fingerprint density at radius 3 is 1.29 bits per heavy atom. The van der Waals surface area contributed by atoms with Crippen molar-refractivity contribution in [1.82, 2.24) is 56.8 Å². The fraction of sp³-hybridized carbons (Fsp3) is 0.365. The van der Waals surface area contributed by atoms with Gasteiger partial charge in [0.25, 0.3) is 17.7 Å². The number of anilines is 1. The number of para-hydroxylation sites is 1. The van der Waals surface area contributed by atoms with Gasteiger partial charge in [-0.2, -0.15) is 0 Å². The number of nitrogens with zero attached hydrogens (tertiary/aromatic N) is 6. The molecule has 0 aromatic heterocycles. The van der Waals surface area contributed by atoms with Crippen LogP contribution in [0.15, 0.2) is 265 Å². The first kappa shape index (κ1) is 98.5. The number of hydrogen-bond donors (Lipinski definition) is 12. The molecule has 0 spiro atoms. The summed E-state index contributed by atoms with van der Waals surface area (Å²) in [4.78, 5) is 124. The quantitative estimate of drug-likeness (QED) is 0.00997. The van der Waals surface area contributed by atoms with E-state index in [1.807, 2.05) is 203 Å². The predicted octanol–water partition coefficient (Wildman–Crippen LogP) is 12.5. The minimum atomic E-state index is -0.586. The van der Waals surface area contributed by atoms with Gasteiger partial charge in [-0.3, -0.25) is 48.3 Å². The van der Waals surface area contributed by atoms with Crippen molar-refractivity contribution in [3.05, 3.63) is 304 Å². The summed E-state index contributed by atoms with van der Waals surface area (Å²) in [5.74, 6) is -1.57. The van der Waals surface area contributed by atoms with Crippen molar-refractivity contribution in [3.8, 4) is 0 Å². The highest BCUT2D eigenvalue weighted by Crippen LogP contribution is 2.31. The van der Waals surface area contributed by atoms with E-state index in [9.17, 15) is 38.4 Å². The van der Waals surface area contributed by atoms with Crippen LogP contribution in [0.2, 0.25) is 10.0 Å². The Morgan fingerprint density at radius 1 is 0.409 bits per heavy atom. The molecule has 694 valence electrons. The lowest BCUT2D eigenvalue weighted by Crippen LogP contribution is -2.50. The van der Waals surface area contributed by atoms with E-state index >= 15 is 0 Å². The van der Waals surface area contributed by atoms with Gasteiger partial charge >= 0.3 is 0 Å². The second kappa shape index (κ2) is 50.7. The molecule has 16 N–H and O–H groups in total. The van der Waals surface area contributed by atoms with Gasteiger partial charge in [0.15, 0.2) is 11.9 Å². The zero-order valence-corrected chi connectivity index (χ0v) is 76.9. The minimum absolute atomic E-state index is 0.00573. The third-order valence-electron chi connectivity index (χ3n) is 24.6. The number of benzene rings is 10. The van der Waals surface area contributed by atoms with Crippen molar-refractivity contribution < 1.29 is 38.4 Å². The molecular weight excluding hydrogens is 1700 g/mol. The normalized spacial score (nSPS) is 18.1. The molecule has 4 aliphatic heterocycles. The van der Waals surface area contributed by atoms with Gasteiger partial charge in [0.1, 0.15) is 0 Å². The van der Waals surface area contributed by atoms with Gasteiger partial charge in [0.05, 0.1) is 40.0 Å². The van der Waals surface area contributed by atoms with Gasteiger partial charge in [-0.05, 0) is 182 Å². The highest BCUT2D eigenvalue weighted by molar-refractivity contribution is 6.42. The SMILES string of the molecule is CC(C)NCC[C@@H]1N[C@H](CCNC(=O)c2ccc(Cl)c(Cl)c2)CCN(CC(c2ccccc2)c2ccccc2)C1=O.NC(N)=NCCC[C@@H]1N[C@H](CNC(=O)c2ccc3ccccc3c2)CCN(CC(C(=O)N2CCCCC2)c2ccccc2)C1=O.NC(N)=NCCC[C@@H]1N[C@H](CNC(=O)c2ccc3ccccc3c2)CCN(CC(C(=O)Nc2ccccc2)c2ccccc2)C1=O. The number of piperidine rings is 1. The van der Waals surface area contributed by atoms with Crippen molar-refractivity contribution in [2.24, 2.45) is 32.9 Å². The predicted molar refractivity (Wildman–Crippen MR) is 528 cm³/mol. The Morgan fingerprint density at radius 2 is 0.811 bits per heavy atom. The summed E-state index contributed by atoms with van der Waals surface area (Å²) in [5, 5.41) is 31.1. The van der Waals surface area contributed by atoms with E-state index in [0.29, 0.717) is 155 Å². The molecule has 4 fully saturated rings. The van der Waals surface area contributed by atoms with E-state index in [4.69, 9.17) is 46.1 Å². The number of carbonyl (C=O) groups excluding carboxylic acids is 8. The highest BCUT2D eigenvalue weighted by Gasteiger charge is 2.39. The van der Waals surface area contributed by atoms with Crippen LogP contribution in [0.1, 0.15) is 162 Å². The molecule has 14 rings (SSSR count). The van der Waals surface area contributed by atoms with Crippen LogP contribution < -0.4 is 65.5 Å². The average molecular weight is 1830 g/mol. The van der Waals surface area contributed by atoms with E-state index in [-0.39, 0.29) is 95.8 Å². The lowest BCUT2D eigenvalue weighted by Gasteiger charge is -2.33. The van der Waals surface area contributed by atoms with Crippen molar-refractivity contribution in [3.63, 3.8) is 0 Å². The van der Waals surface area contributed by atoms with E-state index in [1.165, 1.54) is 11.1 Å². The first-order valence-corrected chi connectivity index (χ1v) is 46.9. The number of aliphatic imine (C=N–C) groups is 2. The Hall–Kier alpha value is -12.6. The highest BCUT2D eigenvalue weighted by atomic mass is 35.5. The molecule has 0 radical (unpaired) electrons. The van der Waals surface area contributed by atoms with Crippen LogP contribution in [0.3, 0.4) is 0 Å². The molecule has 0 saturated carbocycles. The lowest BCUT2D eigenvalue weighted by molar-refractivity contribution is -0.137. The fourth-order valence-electron chi connectivity index (χ4n) is 17.4. The average Bonchev–Trinajstić information content (AvgIpc) is 1.71. The molecule has 4 aliphatic rings. The molecule has 0 aliphatic carbocycles. The van der Waals surface area contributed by atoms with Crippen LogP contribution in [0.25, 0.3) is 21.5 Å². The maximum atomic E-state index is 14.0. The maximum Gasteiger partial charge on any atom is 0.251 e. The third kappa shape index (κ3) is 29.7. The lowest BCUT2D eigenvalue weighted by atomic mass is 9.90. The molecule has 10 aromatic rings. The molecule has 26 nitrogen and oxygen atoms in total. The number of rotatable bonds is 35. The van der Waals surface area contributed by atoms with Crippen molar-refractivity contribution in [2.75, 3.05) is 96.9 Å². The summed E-state index contributed by atoms with van der Waals surface area (Å²) in [6.07, 6.45) is 8.80. The number of nitrogens with two attached hydrogens (primary N) is 4. The van der Waals surface area contributed by atoms with Crippen LogP contribution in [0.5, 0.6) is 0 Å². The smallest absolute Gasteiger partial charge is 0.251 e. The monoisotopic (exact) mass is 1820 g/mol. The summed E-state index contributed by atoms with van der Waals surface area (Å²) in [6, 6.07) is 80.3. The summed E-state index contributed by atoms with van der Waals surface area (Å²) >= 11 is 12.1. The standard InChI is InChI=1S/C36H41N7O3.C35H45N7O3.C33H40Cl2N4O2/c37-36(38)39-20-9-16-32-35(46)43(24-31(26-11-3-1-4-12-26)34(45)42-29-14-5-2-6-15-29)21-19-30(41-32)23-40-33(44)28-18-17-25-10-7-8-13-27(25)22-28;36-35(37)38-18-9-14-31-34(45)42(24-30(26-11-3-1-4-12-26)33(44)41-19-7-2-8-20-41)21-17-29(40-31)23-39-32(43)28-16-15-25-10-5-6-13-27(25)22-28;1-23(2)36-19-16-31-33(41)39(22-28(24-9-5-3-6-10-24)25-11-7-4-8-12-25)20-17-27(38-31)15-18-37-32(40)26-13-14-29(34)30(35)21-26/h1-8,10-15,17-18,22,30-32,41H,9,16,19-21,23-24H2,(H,40,44)(H,42,45)(H4,37,38,39);1,3-6,10-13,15-16,22,29-31,40H,2,7-9,14,17-21,23-24H2,(H,39,43)(H4,36,37,38);3-14,21,23,27-28,31,36,38H,15-20,22H2,1-2H3,(H,37,40)/t30-,31?,32-;29-,30?,31-;27-,31+/m001/s1. The molecule has 10 aromatic carbocycles. The Bertz CT molecular complexity index is 5440. The number of fused-ring (bicyclic) bond motifs is 2. The second-order valence-corrected chi connectivity index (χ2v) is 35.3. The van der Waals surface area contributed by atoms with Crippen LogP contribution in [0.4, 0.5) is 5.69 Å². The van der Waals surface area contributed by atoms with Gasteiger partial charge in [-0.25, -0.2) is 0 Å². The van der Waals surface area contributed by atoms with E-state index < -0.39 is 23.9 Å². The van der Waals surface area contributed by atoms with E-state index in [1.54, 1.807) is 23.1 Å². The Kier molecular flexibility index (Phi) is 37.8. The number of hydrogen-bond acceptors (Lipinski definition) is 14. The maximum absolute atomic E-state index is 14.0. The molecule has 132 heavy (non-hydrogen) atoms. The molecular formula is C104H126Cl2N18O8. The number of amides is 8. The topological polar surface area (TPSA) is 375 Å².